The molecule has 4 nitrogen and oxygen atoms in total. The van der Waals surface area contributed by atoms with Crippen molar-refractivity contribution in [1.29, 1.82) is 0 Å². The van der Waals surface area contributed by atoms with E-state index in [1.807, 2.05) is 6.07 Å². The van der Waals surface area contributed by atoms with Crippen molar-refractivity contribution in [3.8, 4) is 0 Å². The molecule has 16 heavy (non-hydrogen) atoms. The zero-order valence-electron chi connectivity index (χ0n) is 8.97. The van der Waals surface area contributed by atoms with Crippen molar-refractivity contribution in [1.82, 2.24) is 5.32 Å². The lowest BCUT2D eigenvalue weighted by molar-refractivity contribution is -0.140. The highest BCUT2D eigenvalue weighted by molar-refractivity contribution is 5.94. The largest absolute Gasteiger partial charge is 0.460 e. The van der Waals surface area contributed by atoms with E-state index in [0.29, 0.717) is 5.56 Å². The van der Waals surface area contributed by atoms with Gasteiger partial charge in [0.1, 0.15) is 6.10 Å². The number of cyclic esters (lactones) is 1. The van der Waals surface area contributed by atoms with Gasteiger partial charge in [0, 0.05) is 5.56 Å². The molecule has 0 saturated carbocycles. The predicted molar refractivity (Wildman–Crippen MR) is 57.9 cm³/mol. The van der Waals surface area contributed by atoms with E-state index in [4.69, 9.17) is 4.74 Å². The molecule has 0 radical (unpaired) electrons. The van der Waals surface area contributed by atoms with Gasteiger partial charge in [0.05, 0.1) is 12.5 Å². The summed E-state index contributed by atoms with van der Waals surface area (Å²) >= 11 is 0. The number of carbonyl (C=O) groups excluding carboxylic acids is 2. The summed E-state index contributed by atoms with van der Waals surface area (Å²) in [4.78, 5) is 22.8. The third-order valence-corrected chi connectivity index (χ3v) is 2.62. The van der Waals surface area contributed by atoms with Gasteiger partial charge in [-0.2, -0.15) is 0 Å². The highest BCUT2D eigenvalue weighted by Gasteiger charge is 2.32. The average Bonchev–Trinajstić information content (AvgIpc) is 2.59. The van der Waals surface area contributed by atoms with Crippen molar-refractivity contribution < 1.29 is 14.3 Å². The van der Waals surface area contributed by atoms with E-state index >= 15 is 0 Å². The molecule has 1 aromatic carbocycles. The van der Waals surface area contributed by atoms with E-state index < -0.39 is 0 Å². The monoisotopic (exact) mass is 219 g/mol. The molecule has 84 valence electrons. The minimum Gasteiger partial charge on any atom is -0.460 e. The Balaban J connectivity index is 2.01. The fourth-order valence-corrected chi connectivity index (χ4v) is 1.69. The Morgan fingerprint density at radius 3 is 2.62 bits per heavy atom. The lowest BCUT2D eigenvalue weighted by Crippen LogP contribution is -2.39. The first kappa shape index (κ1) is 10.7. The second-order valence-corrected chi connectivity index (χ2v) is 3.85. The molecule has 2 rings (SSSR count). The molecule has 1 saturated heterocycles. The summed E-state index contributed by atoms with van der Waals surface area (Å²) in [7, 11) is 0. The molecule has 1 heterocycles. The molecule has 2 atom stereocenters. The van der Waals surface area contributed by atoms with E-state index in [0.717, 1.165) is 0 Å². The predicted octanol–water partition coefficient (Wildman–Crippen LogP) is 1.12. The number of nitrogens with one attached hydrogen (secondary N) is 1. The highest BCUT2D eigenvalue weighted by atomic mass is 16.6. The molecule has 1 aromatic rings. The lowest BCUT2D eigenvalue weighted by Gasteiger charge is -2.14. The number of carbonyl (C=O) groups is 2. The van der Waals surface area contributed by atoms with Gasteiger partial charge in [0.25, 0.3) is 5.91 Å². The maximum Gasteiger partial charge on any atom is 0.308 e. The number of esters is 1. The van der Waals surface area contributed by atoms with Crippen LogP contribution in [0.3, 0.4) is 0 Å². The van der Waals surface area contributed by atoms with Crippen molar-refractivity contribution in [2.45, 2.75) is 25.5 Å². The Morgan fingerprint density at radius 2 is 2.06 bits per heavy atom. The minimum absolute atomic E-state index is 0.171. The van der Waals surface area contributed by atoms with Crippen LogP contribution in [0.25, 0.3) is 0 Å². The van der Waals surface area contributed by atoms with Crippen molar-refractivity contribution in [2.75, 3.05) is 0 Å². The molecule has 0 bridgehead atoms. The van der Waals surface area contributed by atoms with Crippen LogP contribution in [0.4, 0.5) is 0 Å². The fraction of sp³-hybridized carbons (Fsp3) is 0.333. The normalized spacial score (nSPS) is 23.9. The third kappa shape index (κ3) is 2.21. The number of ether oxygens (including phenoxy) is 1. The van der Waals surface area contributed by atoms with Crippen LogP contribution >= 0.6 is 0 Å². The van der Waals surface area contributed by atoms with Gasteiger partial charge in [0.15, 0.2) is 0 Å². The van der Waals surface area contributed by atoms with Gasteiger partial charge in [-0.05, 0) is 19.1 Å². The van der Waals surface area contributed by atoms with Crippen LogP contribution in [-0.4, -0.2) is 24.0 Å². The highest BCUT2D eigenvalue weighted by Crippen LogP contribution is 2.14. The van der Waals surface area contributed by atoms with Gasteiger partial charge >= 0.3 is 5.97 Å². The first-order chi connectivity index (χ1) is 7.66. The SMILES string of the molecule is C[C@@H]1OC(=O)C[C@H]1NC(=O)c1ccccc1. The first-order valence-electron chi connectivity index (χ1n) is 5.22. The Bertz CT molecular complexity index is 402. The molecule has 1 aliphatic rings. The third-order valence-electron chi connectivity index (χ3n) is 2.62. The van der Waals surface area contributed by atoms with Crippen LogP contribution in [0.15, 0.2) is 30.3 Å². The molecule has 1 N–H and O–H groups in total. The quantitative estimate of drug-likeness (QED) is 0.758. The standard InChI is InChI=1S/C12H13NO3/c1-8-10(7-11(14)16-8)13-12(15)9-5-3-2-4-6-9/h2-6,8,10H,7H2,1H3,(H,13,15)/t8-,10+/m0/s1. The van der Waals surface area contributed by atoms with Gasteiger partial charge in [0.2, 0.25) is 0 Å². The molecule has 0 aromatic heterocycles. The van der Waals surface area contributed by atoms with Crippen molar-refractivity contribution in [3.05, 3.63) is 35.9 Å². The summed E-state index contributed by atoms with van der Waals surface area (Å²) in [6.07, 6.45) is -0.000107. The number of hydrogen-bond donors (Lipinski definition) is 1. The lowest BCUT2D eigenvalue weighted by atomic mass is 10.1. The second-order valence-electron chi connectivity index (χ2n) is 3.85. The Hall–Kier alpha value is -1.84. The zero-order chi connectivity index (χ0) is 11.5. The second kappa shape index (κ2) is 4.35. The topological polar surface area (TPSA) is 55.4 Å². The maximum atomic E-state index is 11.8. The van der Waals surface area contributed by atoms with Gasteiger partial charge in [-0.1, -0.05) is 18.2 Å². The van der Waals surface area contributed by atoms with E-state index in [2.05, 4.69) is 5.32 Å². The van der Waals surface area contributed by atoms with Crippen molar-refractivity contribution >= 4 is 11.9 Å². The van der Waals surface area contributed by atoms with Crippen LogP contribution in [0, 0.1) is 0 Å². The Kier molecular flexibility index (Phi) is 2.90. The van der Waals surface area contributed by atoms with E-state index in [1.165, 1.54) is 0 Å². The van der Waals surface area contributed by atoms with Gasteiger partial charge in [-0.25, -0.2) is 0 Å². The molecular weight excluding hydrogens is 206 g/mol. The fourth-order valence-electron chi connectivity index (χ4n) is 1.69. The van der Waals surface area contributed by atoms with E-state index in [1.54, 1.807) is 31.2 Å². The zero-order valence-corrected chi connectivity index (χ0v) is 8.97. The summed E-state index contributed by atoms with van der Waals surface area (Å²) in [5.41, 5.74) is 0.592. The molecule has 0 spiro atoms. The van der Waals surface area contributed by atoms with Gasteiger partial charge in [-0.3, -0.25) is 9.59 Å². The summed E-state index contributed by atoms with van der Waals surface area (Å²) in [5.74, 6) is -0.429. The first-order valence-corrected chi connectivity index (χ1v) is 5.22. The summed E-state index contributed by atoms with van der Waals surface area (Å²) in [5, 5.41) is 2.79. The van der Waals surface area contributed by atoms with Gasteiger partial charge < -0.3 is 10.1 Å². The van der Waals surface area contributed by atoms with Crippen LogP contribution in [-0.2, 0) is 9.53 Å². The van der Waals surface area contributed by atoms with Crippen molar-refractivity contribution in [3.63, 3.8) is 0 Å². The molecule has 0 aliphatic carbocycles. The summed E-state index contributed by atoms with van der Waals surface area (Å²) < 4.78 is 4.96. The van der Waals surface area contributed by atoms with E-state index in [9.17, 15) is 9.59 Å². The van der Waals surface area contributed by atoms with Crippen LogP contribution in [0.5, 0.6) is 0 Å². The van der Waals surface area contributed by atoms with Crippen LogP contribution < -0.4 is 5.32 Å². The van der Waals surface area contributed by atoms with Crippen molar-refractivity contribution in [2.24, 2.45) is 0 Å². The molecule has 1 fully saturated rings. The summed E-state index contributed by atoms with van der Waals surface area (Å²) in [6.45, 7) is 1.78. The van der Waals surface area contributed by atoms with Crippen LogP contribution in [0.2, 0.25) is 0 Å². The van der Waals surface area contributed by atoms with E-state index in [-0.39, 0.29) is 30.4 Å². The molecule has 1 aliphatic heterocycles. The molecule has 0 unspecified atom stereocenters. The van der Waals surface area contributed by atoms with Gasteiger partial charge in [-0.15, -0.1) is 0 Å². The molecule has 1 amide bonds. The smallest absolute Gasteiger partial charge is 0.308 e. The number of amides is 1. The average molecular weight is 219 g/mol. The summed E-state index contributed by atoms with van der Waals surface area (Å²) in [6, 6.07) is 8.69. The molecular formula is C12H13NO3. The Morgan fingerprint density at radius 1 is 1.38 bits per heavy atom. The maximum absolute atomic E-state index is 11.8. The molecule has 4 heteroatoms. The number of rotatable bonds is 2. The number of benzene rings is 1. The minimum atomic E-state index is -0.258. The number of hydrogen-bond acceptors (Lipinski definition) is 3. The Labute approximate surface area is 93.6 Å². The van der Waals surface area contributed by atoms with Crippen LogP contribution in [0.1, 0.15) is 23.7 Å².